The SMILES string of the molecule is COC(=O)[C@@H](C)CNCc1ccc(F)cc1. The number of ether oxygens (including phenoxy) is 1. The zero-order valence-electron chi connectivity index (χ0n) is 9.50. The molecule has 0 bridgehead atoms. The number of hydrogen-bond acceptors (Lipinski definition) is 3. The summed E-state index contributed by atoms with van der Waals surface area (Å²) >= 11 is 0. The highest BCUT2D eigenvalue weighted by Gasteiger charge is 2.11. The Labute approximate surface area is 94.6 Å². The Balaban J connectivity index is 2.30. The molecule has 4 heteroatoms. The lowest BCUT2D eigenvalue weighted by Gasteiger charge is -2.10. The normalized spacial score (nSPS) is 12.2. The summed E-state index contributed by atoms with van der Waals surface area (Å²) in [7, 11) is 1.37. The van der Waals surface area contributed by atoms with Crippen molar-refractivity contribution in [2.24, 2.45) is 5.92 Å². The van der Waals surface area contributed by atoms with Gasteiger partial charge in [-0.1, -0.05) is 19.1 Å². The number of methoxy groups -OCH3 is 1. The number of halogens is 1. The summed E-state index contributed by atoms with van der Waals surface area (Å²) in [6.07, 6.45) is 0. The Hall–Kier alpha value is -1.42. The summed E-state index contributed by atoms with van der Waals surface area (Å²) < 4.78 is 17.2. The molecule has 3 nitrogen and oxygen atoms in total. The van der Waals surface area contributed by atoms with Gasteiger partial charge >= 0.3 is 5.97 Å². The molecule has 0 unspecified atom stereocenters. The summed E-state index contributed by atoms with van der Waals surface area (Å²) in [6.45, 7) is 2.95. The zero-order chi connectivity index (χ0) is 12.0. The lowest BCUT2D eigenvalue weighted by molar-refractivity contribution is -0.144. The third-order valence-corrected chi connectivity index (χ3v) is 2.30. The molecule has 1 aromatic rings. The van der Waals surface area contributed by atoms with E-state index in [1.807, 2.05) is 0 Å². The molecule has 0 heterocycles. The highest BCUT2D eigenvalue weighted by molar-refractivity contribution is 5.71. The second-order valence-electron chi connectivity index (χ2n) is 3.68. The molecule has 1 N–H and O–H groups in total. The van der Waals surface area contributed by atoms with E-state index in [2.05, 4.69) is 10.1 Å². The van der Waals surface area contributed by atoms with Crippen molar-refractivity contribution in [1.82, 2.24) is 5.32 Å². The summed E-state index contributed by atoms with van der Waals surface area (Å²) in [4.78, 5) is 11.1. The fourth-order valence-corrected chi connectivity index (χ4v) is 1.32. The maximum atomic E-state index is 12.6. The molecule has 0 aromatic heterocycles. The van der Waals surface area contributed by atoms with Crippen LogP contribution in [0.1, 0.15) is 12.5 Å². The van der Waals surface area contributed by atoms with Crippen molar-refractivity contribution in [3.63, 3.8) is 0 Å². The third-order valence-electron chi connectivity index (χ3n) is 2.30. The number of esters is 1. The summed E-state index contributed by atoms with van der Waals surface area (Å²) in [6, 6.07) is 6.26. The molecule has 0 aliphatic rings. The van der Waals surface area contributed by atoms with Crippen LogP contribution in [0.5, 0.6) is 0 Å². The highest BCUT2D eigenvalue weighted by atomic mass is 19.1. The predicted molar refractivity (Wildman–Crippen MR) is 59.3 cm³/mol. The average Bonchev–Trinajstić information content (AvgIpc) is 2.30. The first kappa shape index (κ1) is 12.6. The smallest absolute Gasteiger partial charge is 0.309 e. The van der Waals surface area contributed by atoms with Gasteiger partial charge in [-0.25, -0.2) is 4.39 Å². The van der Waals surface area contributed by atoms with Gasteiger partial charge in [0.15, 0.2) is 0 Å². The van der Waals surface area contributed by atoms with Gasteiger partial charge in [0.2, 0.25) is 0 Å². The molecule has 0 aliphatic carbocycles. The Kier molecular flexibility index (Phi) is 4.92. The van der Waals surface area contributed by atoms with Crippen molar-refractivity contribution in [2.45, 2.75) is 13.5 Å². The molecule has 0 aliphatic heterocycles. The second-order valence-corrected chi connectivity index (χ2v) is 3.68. The first-order chi connectivity index (χ1) is 7.63. The highest BCUT2D eigenvalue weighted by Crippen LogP contribution is 2.02. The monoisotopic (exact) mass is 225 g/mol. The van der Waals surface area contributed by atoms with Gasteiger partial charge in [-0.3, -0.25) is 4.79 Å². The molecule has 0 saturated heterocycles. The van der Waals surface area contributed by atoms with Gasteiger partial charge in [0, 0.05) is 13.1 Å². The molecule has 88 valence electrons. The van der Waals surface area contributed by atoms with E-state index in [1.165, 1.54) is 19.2 Å². The van der Waals surface area contributed by atoms with E-state index in [9.17, 15) is 9.18 Å². The van der Waals surface area contributed by atoms with Crippen molar-refractivity contribution in [3.8, 4) is 0 Å². The Bertz CT molecular complexity index is 337. The Morgan fingerprint density at radius 3 is 2.62 bits per heavy atom. The molecule has 1 aromatic carbocycles. The predicted octanol–water partition coefficient (Wildman–Crippen LogP) is 1.72. The lowest BCUT2D eigenvalue weighted by Crippen LogP contribution is -2.26. The van der Waals surface area contributed by atoms with Crippen molar-refractivity contribution in [1.29, 1.82) is 0 Å². The van der Waals surface area contributed by atoms with Crippen molar-refractivity contribution in [2.75, 3.05) is 13.7 Å². The molecular formula is C12H16FNO2. The number of hydrogen-bond donors (Lipinski definition) is 1. The van der Waals surface area contributed by atoms with E-state index in [0.29, 0.717) is 13.1 Å². The van der Waals surface area contributed by atoms with Gasteiger partial charge in [0.1, 0.15) is 5.82 Å². The number of carbonyl (C=O) groups excluding carboxylic acids is 1. The number of benzene rings is 1. The van der Waals surface area contributed by atoms with E-state index in [1.54, 1.807) is 19.1 Å². The second kappa shape index (κ2) is 6.23. The molecule has 1 rings (SSSR count). The molecule has 0 fully saturated rings. The topological polar surface area (TPSA) is 38.3 Å². The summed E-state index contributed by atoms with van der Waals surface area (Å²) in [5.74, 6) is -0.649. The van der Waals surface area contributed by atoms with Crippen LogP contribution in [0.4, 0.5) is 4.39 Å². The van der Waals surface area contributed by atoms with Gasteiger partial charge in [-0.05, 0) is 17.7 Å². The van der Waals surface area contributed by atoms with E-state index >= 15 is 0 Å². The Morgan fingerprint density at radius 2 is 2.06 bits per heavy atom. The van der Waals surface area contributed by atoms with Crippen molar-refractivity contribution >= 4 is 5.97 Å². The molecule has 1 atom stereocenters. The van der Waals surface area contributed by atoms with E-state index in [0.717, 1.165) is 5.56 Å². The standard InChI is InChI=1S/C12H16FNO2/c1-9(12(15)16-2)7-14-8-10-3-5-11(13)6-4-10/h3-6,9,14H,7-8H2,1-2H3/t9-/m0/s1. The van der Waals surface area contributed by atoms with Crippen LogP contribution in [-0.2, 0) is 16.1 Å². The van der Waals surface area contributed by atoms with Crippen LogP contribution >= 0.6 is 0 Å². The van der Waals surface area contributed by atoms with Crippen molar-refractivity contribution < 1.29 is 13.9 Å². The first-order valence-electron chi connectivity index (χ1n) is 5.16. The minimum absolute atomic E-state index is 0.176. The van der Waals surface area contributed by atoms with Crippen LogP contribution in [0.25, 0.3) is 0 Å². The quantitative estimate of drug-likeness (QED) is 0.775. The maximum absolute atomic E-state index is 12.6. The van der Waals surface area contributed by atoms with Gasteiger partial charge < -0.3 is 10.1 Å². The van der Waals surface area contributed by atoms with Crippen LogP contribution in [0.2, 0.25) is 0 Å². The fraction of sp³-hybridized carbons (Fsp3) is 0.417. The van der Waals surface area contributed by atoms with Crippen LogP contribution in [0.3, 0.4) is 0 Å². The van der Waals surface area contributed by atoms with Crippen LogP contribution in [0, 0.1) is 11.7 Å². The molecule has 0 saturated carbocycles. The Morgan fingerprint density at radius 1 is 1.44 bits per heavy atom. The zero-order valence-corrected chi connectivity index (χ0v) is 9.50. The number of rotatable bonds is 5. The molecular weight excluding hydrogens is 209 g/mol. The fourth-order valence-electron chi connectivity index (χ4n) is 1.32. The van der Waals surface area contributed by atoms with Gasteiger partial charge in [-0.2, -0.15) is 0 Å². The maximum Gasteiger partial charge on any atom is 0.309 e. The average molecular weight is 225 g/mol. The third kappa shape index (κ3) is 3.98. The minimum Gasteiger partial charge on any atom is -0.469 e. The number of nitrogens with one attached hydrogen (secondary N) is 1. The van der Waals surface area contributed by atoms with Gasteiger partial charge in [-0.15, -0.1) is 0 Å². The molecule has 0 amide bonds. The first-order valence-corrected chi connectivity index (χ1v) is 5.16. The van der Waals surface area contributed by atoms with Crippen molar-refractivity contribution in [3.05, 3.63) is 35.6 Å². The van der Waals surface area contributed by atoms with Gasteiger partial charge in [0.25, 0.3) is 0 Å². The van der Waals surface area contributed by atoms with E-state index in [-0.39, 0.29) is 17.7 Å². The number of carbonyl (C=O) groups is 1. The largest absolute Gasteiger partial charge is 0.469 e. The minimum atomic E-state index is -0.244. The summed E-state index contributed by atoms with van der Waals surface area (Å²) in [5, 5.41) is 3.11. The molecule has 16 heavy (non-hydrogen) atoms. The summed E-state index contributed by atoms with van der Waals surface area (Å²) in [5.41, 5.74) is 0.985. The van der Waals surface area contributed by atoms with E-state index in [4.69, 9.17) is 0 Å². The molecule has 0 radical (unpaired) electrons. The van der Waals surface area contributed by atoms with Crippen LogP contribution in [-0.4, -0.2) is 19.6 Å². The van der Waals surface area contributed by atoms with Crippen LogP contribution in [0.15, 0.2) is 24.3 Å². The lowest BCUT2D eigenvalue weighted by atomic mass is 10.1. The van der Waals surface area contributed by atoms with Crippen LogP contribution < -0.4 is 5.32 Å². The van der Waals surface area contributed by atoms with E-state index < -0.39 is 0 Å². The molecule has 0 spiro atoms. The van der Waals surface area contributed by atoms with Gasteiger partial charge in [0.05, 0.1) is 13.0 Å².